The molecule has 4 heteroatoms. The number of benzene rings is 1. The van der Waals surface area contributed by atoms with Crippen LogP contribution < -0.4 is 5.32 Å². The first-order valence-electron chi connectivity index (χ1n) is 4.49. The number of nitriles is 1. The van der Waals surface area contributed by atoms with Gasteiger partial charge in [-0.2, -0.15) is 5.26 Å². The van der Waals surface area contributed by atoms with Crippen LogP contribution in [0.15, 0.2) is 24.4 Å². The number of nitrogens with one attached hydrogen (secondary N) is 2. The molecule has 0 saturated heterocycles. The molecule has 2 aromatic rings. The summed E-state index contributed by atoms with van der Waals surface area (Å²) in [5, 5.41) is 12.4. The molecule has 0 bridgehead atoms. The van der Waals surface area contributed by atoms with Crippen molar-refractivity contribution in [3.8, 4) is 6.07 Å². The first-order chi connectivity index (χ1) is 7.20. The van der Waals surface area contributed by atoms with Gasteiger partial charge in [-0.05, 0) is 18.2 Å². The Balaban J connectivity index is 2.64. The molecule has 1 amide bonds. The van der Waals surface area contributed by atoms with Gasteiger partial charge < -0.3 is 10.3 Å². The maximum Gasteiger partial charge on any atom is 0.221 e. The first-order valence-corrected chi connectivity index (χ1v) is 4.49. The molecule has 0 spiro atoms. The lowest BCUT2D eigenvalue weighted by Gasteiger charge is -2.04. The number of carbonyl (C=O) groups is 1. The van der Waals surface area contributed by atoms with Crippen LogP contribution in [0.25, 0.3) is 10.9 Å². The number of nitrogens with zero attached hydrogens (tertiary/aromatic N) is 1. The number of anilines is 1. The summed E-state index contributed by atoms with van der Waals surface area (Å²) in [7, 11) is 0. The molecule has 0 aliphatic heterocycles. The number of H-pyrrole nitrogens is 1. The van der Waals surface area contributed by atoms with Crippen molar-refractivity contribution in [2.24, 2.45) is 0 Å². The van der Waals surface area contributed by atoms with Crippen molar-refractivity contribution in [2.45, 2.75) is 6.92 Å². The van der Waals surface area contributed by atoms with Crippen LogP contribution in [0.2, 0.25) is 0 Å². The highest BCUT2D eigenvalue weighted by Gasteiger charge is 2.05. The van der Waals surface area contributed by atoms with Crippen LogP contribution in [-0.2, 0) is 4.79 Å². The third-order valence-electron chi connectivity index (χ3n) is 2.10. The molecule has 0 aliphatic carbocycles. The summed E-state index contributed by atoms with van der Waals surface area (Å²) in [6.07, 6.45) is 1.77. The van der Waals surface area contributed by atoms with E-state index in [2.05, 4.69) is 16.4 Å². The Labute approximate surface area is 86.5 Å². The van der Waals surface area contributed by atoms with Gasteiger partial charge in [0.05, 0.1) is 22.8 Å². The van der Waals surface area contributed by atoms with Gasteiger partial charge in [-0.3, -0.25) is 4.79 Å². The number of carbonyl (C=O) groups excluding carboxylic acids is 1. The predicted octanol–water partition coefficient (Wildman–Crippen LogP) is 2.00. The van der Waals surface area contributed by atoms with E-state index in [-0.39, 0.29) is 5.91 Å². The van der Waals surface area contributed by atoms with Gasteiger partial charge in [0.15, 0.2) is 0 Å². The highest BCUT2D eigenvalue weighted by Crippen LogP contribution is 2.23. The summed E-state index contributed by atoms with van der Waals surface area (Å²) in [6.45, 7) is 1.44. The highest BCUT2D eigenvalue weighted by atomic mass is 16.1. The fraction of sp³-hybridized carbons (Fsp3) is 0.0909. The first kappa shape index (κ1) is 9.28. The second kappa shape index (κ2) is 3.46. The number of aromatic amines is 1. The topological polar surface area (TPSA) is 68.7 Å². The van der Waals surface area contributed by atoms with Crippen molar-refractivity contribution in [3.05, 3.63) is 30.0 Å². The van der Waals surface area contributed by atoms with Gasteiger partial charge in [-0.15, -0.1) is 0 Å². The van der Waals surface area contributed by atoms with E-state index in [0.717, 1.165) is 10.9 Å². The van der Waals surface area contributed by atoms with E-state index < -0.39 is 0 Å². The summed E-state index contributed by atoms with van der Waals surface area (Å²) in [5.74, 6) is -0.152. The van der Waals surface area contributed by atoms with E-state index in [1.54, 1.807) is 18.3 Å². The van der Waals surface area contributed by atoms with Crippen molar-refractivity contribution < 1.29 is 4.79 Å². The Kier molecular flexibility index (Phi) is 2.14. The van der Waals surface area contributed by atoms with Crippen molar-refractivity contribution >= 4 is 22.5 Å². The van der Waals surface area contributed by atoms with Gasteiger partial charge in [0.25, 0.3) is 0 Å². The minimum absolute atomic E-state index is 0.152. The number of rotatable bonds is 1. The Bertz CT molecular complexity index is 563. The SMILES string of the molecule is CC(=O)Nc1cc(C#N)cc2cc[nH]c12. The molecule has 0 unspecified atom stereocenters. The third-order valence-corrected chi connectivity index (χ3v) is 2.10. The van der Waals surface area contributed by atoms with Crippen molar-refractivity contribution in [3.63, 3.8) is 0 Å². The van der Waals surface area contributed by atoms with Crippen LogP contribution in [0.1, 0.15) is 12.5 Å². The summed E-state index contributed by atoms with van der Waals surface area (Å²) in [5.41, 5.74) is 2.01. The van der Waals surface area contributed by atoms with E-state index in [1.807, 2.05) is 6.07 Å². The van der Waals surface area contributed by atoms with Crippen LogP contribution >= 0.6 is 0 Å². The monoisotopic (exact) mass is 199 g/mol. The second-order valence-corrected chi connectivity index (χ2v) is 3.26. The third kappa shape index (κ3) is 1.67. The maximum atomic E-state index is 11.0. The lowest BCUT2D eigenvalue weighted by atomic mass is 10.1. The van der Waals surface area contributed by atoms with E-state index in [0.29, 0.717) is 11.3 Å². The summed E-state index contributed by atoms with van der Waals surface area (Å²) in [6, 6.07) is 7.35. The molecule has 0 saturated carbocycles. The molecular weight excluding hydrogens is 190 g/mol. The summed E-state index contributed by atoms with van der Waals surface area (Å²) >= 11 is 0. The number of aromatic nitrogens is 1. The molecule has 4 nitrogen and oxygen atoms in total. The Morgan fingerprint density at radius 1 is 1.53 bits per heavy atom. The van der Waals surface area contributed by atoms with E-state index in [9.17, 15) is 4.79 Å². The minimum Gasteiger partial charge on any atom is -0.359 e. The smallest absolute Gasteiger partial charge is 0.221 e. The molecule has 0 atom stereocenters. The van der Waals surface area contributed by atoms with E-state index in [4.69, 9.17) is 5.26 Å². The standard InChI is InChI=1S/C11H9N3O/c1-7(15)14-10-5-8(6-12)4-9-2-3-13-11(9)10/h2-5,13H,1H3,(H,14,15). The highest BCUT2D eigenvalue weighted by molar-refractivity contribution is 6.00. The Morgan fingerprint density at radius 3 is 3.00 bits per heavy atom. The lowest BCUT2D eigenvalue weighted by molar-refractivity contribution is -0.114. The molecule has 15 heavy (non-hydrogen) atoms. The van der Waals surface area contributed by atoms with Crippen LogP contribution in [0.5, 0.6) is 0 Å². The average Bonchev–Trinajstić information content (AvgIpc) is 2.64. The average molecular weight is 199 g/mol. The van der Waals surface area contributed by atoms with Gasteiger partial charge in [0.1, 0.15) is 0 Å². The number of hydrogen-bond acceptors (Lipinski definition) is 2. The second-order valence-electron chi connectivity index (χ2n) is 3.26. The number of amides is 1. The van der Waals surface area contributed by atoms with Crippen molar-refractivity contribution in [2.75, 3.05) is 5.32 Å². The molecule has 0 aliphatic rings. The van der Waals surface area contributed by atoms with Crippen LogP contribution in [-0.4, -0.2) is 10.9 Å². The number of hydrogen-bond donors (Lipinski definition) is 2. The summed E-state index contributed by atoms with van der Waals surface area (Å²) < 4.78 is 0. The predicted molar refractivity (Wildman–Crippen MR) is 57.3 cm³/mol. The zero-order valence-electron chi connectivity index (χ0n) is 8.16. The lowest BCUT2D eigenvalue weighted by Crippen LogP contribution is -2.06. The Morgan fingerprint density at radius 2 is 2.33 bits per heavy atom. The molecule has 1 aromatic carbocycles. The molecule has 1 aromatic heterocycles. The number of fused-ring (bicyclic) bond motifs is 1. The van der Waals surface area contributed by atoms with Crippen molar-refractivity contribution in [1.29, 1.82) is 5.26 Å². The Hall–Kier alpha value is -2.28. The van der Waals surface area contributed by atoms with Gasteiger partial charge >= 0.3 is 0 Å². The molecule has 0 radical (unpaired) electrons. The largest absolute Gasteiger partial charge is 0.359 e. The van der Waals surface area contributed by atoms with Crippen LogP contribution in [0.4, 0.5) is 5.69 Å². The van der Waals surface area contributed by atoms with E-state index in [1.165, 1.54) is 6.92 Å². The zero-order valence-corrected chi connectivity index (χ0v) is 8.16. The molecule has 2 rings (SSSR count). The maximum absolute atomic E-state index is 11.0. The van der Waals surface area contributed by atoms with E-state index >= 15 is 0 Å². The fourth-order valence-corrected chi connectivity index (χ4v) is 1.52. The molecule has 0 fully saturated rings. The quantitative estimate of drug-likeness (QED) is 0.737. The van der Waals surface area contributed by atoms with Gasteiger partial charge in [-0.25, -0.2) is 0 Å². The molecule has 2 N–H and O–H groups in total. The molecule has 74 valence electrons. The van der Waals surface area contributed by atoms with Crippen molar-refractivity contribution in [1.82, 2.24) is 4.98 Å². The van der Waals surface area contributed by atoms with Gasteiger partial charge in [0.2, 0.25) is 5.91 Å². The minimum atomic E-state index is -0.152. The molecule has 1 heterocycles. The zero-order chi connectivity index (χ0) is 10.8. The van der Waals surface area contributed by atoms with Crippen LogP contribution in [0, 0.1) is 11.3 Å². The van der Waals surface area contributed by atoms with Crippen LogP contribution in [0.3, 0.4) is 0 Å². The fourth-order valence-electron chi connectivity index (χ4n) is 1.52. The normalized spacial score (nSPS) is 9.87. The van der Waals surface area contributed by atoms with Gasteiger partial charge in [0, 0.05) is 18.5 Å². The van der Waals surface area contributed by atoms with Gasteiger partial charge in [-0.1, -0.05) is 0 Å². The summed E-state index contributed by atoms with van der Waals surface area (Å²) in [4.78, 5) is 14.0. The molecular formula is C11H9N3O.